The van der Waals surface area contributed by atoms with E-state index in [0.29, 0.717) is 24.8 Å². The van der Waals surface area contributed by atoms with Crippen molar-refractivity contribution in [1.29, 1.82) is 0 Å². The molecule has 0 saturated carbocycles. The second-order valence-electron chi connectivity index (χ2n) is 6.42. The maximum Gasteiger partial charge on any atom is 0.296 e. The highest BCUT2D eigenvalue weighted by atomic mass is 32.2. The van der Waals surface area contributed by atoms with E-state index < -0.39 is 16.0 Å². The van der Waals surface area contributed by atoms with Crippen molar-refractivity contribution in [3.05, 3.63) is 59.7 Å². The van der Waals surface area contributed by atoms with E-state index >= 15 is 0 Å². The Morgan fingerprint density at radius 2 is 1.75 bits per heavy atom. The zero-order chi connectivity index (χ0) is 20.7. The van der Waals surface area contributed by atoms with Crippen molar-refractivity contribution in [2.75, 3.05) is 12.4 Å². The van der Waals surface area contributed by atoms with Crippen LogP contribution in [0.1, 0.15) is 35.7 Å². The van der Waals surface area contributed by atoms with Gasteiger partial charge in [0, 0.05) is 19.1 Å². The average molecular weight is 405 g/mol. The minimum Gasteiger partial charge on any atom is -0.381 e. The number of methoxy groups -OCH3 is 1. The van der Waals surface area contributed by atoms with Crippen LogP contribution in [-0.2, 0) is 26.1 Å². The summed E-state index contributed by atoms with van der Waals surface area (Å²) in [5.41, 5.74) is 1.34. The van der Waals surface area contributed by atoms with Crippen LogP contribution in [0.3, 0.4) is 0 Å². The van der Waals surface area contributed by atoms with E-state index in [1.54, 1.807) is 37.4 Å². The summed E-state index contributed by atoms with van der Waals surface area (Å²) >= 11 is 0. The summed E-state index contributed by atoms with van der Waals surface area (Å²) in [4.78, 5) is 23.2. The Bertz CT molecular complexity index is 937. The lowest BCUT2D eigenvalue weighted by Crippen LogP contribution is -2.16. The smallest absolute Gasteiger partial charge is 0.296 e. The summed E-state index contributed by atoms with van der Waals surface area (Å²) in [6.07, 6.45) is 1.60. The molecule has 0 aliphatic carbocycles. The molecule has 0 aromatic heterocycles. The first-order valence-corrected chi connectivity index (χ1v) is 10.1. The van der Waals surface area contributed by atoms with Crippen LogP contribution in [0.5, 0.6) is 0 Å². The Kier molecular flexibility index (Phi) is 7.45. The predicted octanol–water partition coefficient (Wildman–Crippen LogP) is 3.11. The van der Waals surface area contributed by atoms with Crippen LogP contribution in [0.25, 0.3) is 0 Å². The van der Waals surface area contributed by atoms with Crippen LogP contribution in [-0.4, -0.2) is 37.9 Å². The van der Waals surface area contributed by atoms with Gasteiger partial charge in [0.2, 0.25) is 0 Å². The molecule has 28 heavy (non-hydrogen) atoms. The first kappa shape index (κ1) is 21.7. The van der Waals surface area contributed by atoms with Gasteiger partial charge in [-0.05, 0) is 49.6 Å². The molecule has 1 atom stereocenters. The second kappa shape index (κ2) is 9.59. The molecule has 1 amide bonds. The summed E-state index contributed by atoms with van der Waals surface area (Å²) in [6, 6.07) is 12.5. The third-order valence-electron chi connectivity index (χ3n) is 4.23. The Balaban J connectivity index is 2.04. The van der Waals surface area contributed by atoms with Crippen LogP contribution < -0.4 is 5.32 Å². The summed E-state index contributed by atoms with van der Waals surface area (Å²) < 4.78 is 37.4. The number of rotatable bonds is 9. The molecule has 1 unspecified atom stereocenters. The van der Waals surface area contributed by atoms with Gasteiger partial charge in [-0.1, -0.05) is 24.3 Å². The first-order valence-electron chi connectivity index (χ1n) is 8.69. The molecule has 0 aliphatic rings. The van der Waals surface area contributed by atoms with Crippen LogP contribution in [0, 0.1) is 0 Å². The van der Waals surface area contributed by atoms with E-state index in [1.165, 1.54) is 25.1 Å². The molecule has 2 aromatic carbocycles. The Morgan fingerprint density at radius 3 is 2.32 bits per heavy atom. The number of para-hydroxylation sites is 1. The lowest BCUT2D eigenvalue weighted by Gasteiger charge is -2.13. The van der Waals surface area contributed by atoms with Gasteiger partial charge in [-0.15, -0.1) is 0 Å². The molecule has 0 spiro atoms. The number of aryl methyl sites for hydroxylation is 1. The molecular formula is C20H23NO6S. The van der Waals surface area contributed by atoms with E-state index in [0.717, 1.165) is 5.56 Å². The third-order valence-corrected chi connectivity index (χ3v) is 5.14. The third kappa shape index (κ3) is 6.26. The molecule has 8 heteroatoms. The molecule has 150 valence electrons. The summed E-state index contributed by atoms with van der Waals surface area (Å²) in [5.74, 6) is -0.418. The van der Waals surface area contributed by atoms with Gasteiger partial charge in [-0.3, -0.25) is 14.1 Å². The van der Waals surface area contributed by atoms with E-state index in [1.807, 2.05) is 0 Å². The fourth-order valence-electron chi connectivity index (χ4n) is 2.76. The molecule has 0 aliphatic heterocycles. The molecule has 2 N–H and O–H groups in total. The van der Waals surface area contributed by atoms with Crippen LogP contribution in [0.15, 0.2) is 53.4 Å². The van der Waals surface area contributed by atoms with Gasteiger partial charge in [0.1, 0.15) is 10.7 Å². The first-order chi connectivity index (χ1) is 13.2. The van der Waals surface area contributed by atoms with Gasteiger partial charge in [0.05, 0.1) is 11.8 Å². The van der Waals surface area contributed by atoms with Crippen molar-refractivity contribution in [2.24, 2.45) is 0 Å². The lowest BCUT2D eigenvalue weighted by atomic mass is 10.0. The number of ketones is 1. The Labute approximate surface area is 164 Å². The van der Waals surface area contributed by atoms with Crippen molar-refractivity contribution < 1.29 is 27.3 Å². The molecule has 0 fully saturated rings. The van der Waals surface area contributed by atoms with Crippen LogP contribution in [0.2, 0.25) is 0 Å². The topological polar surface area (TPSA) is 110 Å². The predicted molar refractivity (Wildman–Crippen MR) is 105 cm³/mol. The molecule has 2 aromatic rings. The molecule has 2 rings (SSSR count). The number of hydrogen-bond donors (Lipinski definition) is 2. The number of hydrogen-bond acceptors (Lipinski definition) is 5. The van der Waals surface area contributed by atoms with E-state index in [9.17, 15) is 22.6 Å². The second-order valence-corrected chi connectivity index (χ2v) is 7.81. The number of carbonyl (C=O) groups is 2. The van der Waals surface area contributed by atoms with Gasteiger partial charge in [-0.2, -0.15) is 8.42 Å². The number of anilines is 1. The maximum absolute atomic E-state index is 12.4. The minimum atomic E-state index is -4.45. The van der Waals surface area contributed by atoms with Gasteiger partial charge in [0.25, 0.3) is 16.0 Å². The summed E-state index contributed by atoms with van der Waals surface area (Å²) in [6.45, 7) is 1.53. The number of nitrogens with one attached hydrogen (secondary N) is 1. The van der Waals surface area contributed by atoms with Crippen molar-refractivity contribution in [3.63, 3.8) is 0 Å². The molecule has 0 radical (unpaired) electrons. The Morgan fingerprint density at radius 1 is 1.11 bits per heavy atom. The van der Waals surface area contributed by atoms with Crippen LogP contribution in [0.4, 0.5) is 5.69 Å². The summed E-state index contributed by atoms with van der Waals surface area (Å²) in [5, 5.41) is 2.50. The standard InChI is InChI=1S/C20H23NO6S/c1-14(22)13-17(27-2)12-9-15-7-10-16(11-8-15)20(23)21-18-5-3-4-6-19(18)28(24,25)26/h3-8,10-11,17H,9,12-13H2,1-2H3,(H,21,23)(H,24,25,26). The SMILES string of the molecule is COC(CCc1ccc(C(=O)Nc2ccccc2S(=O)(=O)O)cc1)CC(C)=O. The lowest BCUT2D eigenvalue weighted by molar-refractivity contribution is -0.119. The zero-order valence-corrected chi connectivity index (χ0v) is 16.5. The highest BCUT2D eigenvalue weighted by Gasteiger charge is 2.17. The fraction of sp³-hybridized carbons (Fsp3) is 0.300. The molecule has 0 heterocycles. The van der Waals surface area contributed by atoms with Crippen LogP contribution >= 0.6 is 0 Å². The van der Waals surface area contributed by atoms with E-state index in [-0.39, 0.29) is 22.5 Å². The zero-order valence-electron chi connectivity index (χ0n) is 15.7. The number of benzene rings is 2. The number of carbonyl (C=O) groups excluding carboxylic acids is 2. The van der Waals surface area contributed by atoms with Crippen molar-refractivity contribution in [2.45, 2.75) is 37.2 Å². The highest BCUT2D eigenvalue weighted by Crippen LogP contribution is 2.21. The van der Waals surface area contributed by atoms with Crippen molar-refractivity contribution >= 4 is 27.5 Å². The van der Waals surface area contributed by atoms with Gasteiger partial charge >= 0.3 is 0 Å². The van der Waals surface area contributed by atoms with E-state index in [2.05, 4.69) is 5.32 Å². The number of Topliss-reactive ketones (excluding diaryl/α,β-unsaturated/α-hetero) is 1. The van der Waals surface area contributed by atoms with Gasteiger partial charge in [0.15, 0.2) is 0 Å². The number of ether oxygens (including phenoxy) is 1. The largest absolute Gasteiger partial charge is 0.381 e. The normalized spacial score (nSPS) is 12.4. The minimum absolute atomic E-state index is 0.00578. The maximum atomic E-state index is 12.4. The molecule has 0 saturated heterocycles. The summed E-state index contributed by atoms with van der Waals surface area (Å²) in [7, 11) is -2.87. The average Bonchev–Trinajstić information content (AvgIpc) is 2.64. The quantitative estimate of drug-likeness (QED) is 0.620. The van der Waals surface area contributed by atoms with Gasteiger partial charge in [-0.25, -0.2) is 0 Å². The molecule has 7 nitrogen and oxygen atoms in total. The van der Waals surface area contributed by atoms with Crippen molar-refractivity contribution in [1.82, 2.24) is 0 Å². The van der Waals surface area contributed by atoms with E-state index in [4.69, 9.17) is 4.74 Å². The molecular weight excluding hydrogens is 382 g/mol. The Hall–Kier alpha value is -2.55. The fourth-order valence-corrected chi connectivity index (χ4v) is 3.41. The molecule has 0 bridgehead atoms. The number of amides is 1. The highest BCUT2D eigenvalue weighted by molar-refractivity contribution is 7.86. The monoisotopic (exact) mass is 405 g/mol. The van der Waals surface area contributed by atoms with Crippen molar-refractivity contribution in [3.8, 4) is 0 Å². The van der Waals surface area contributed by atoms with Gasteiger partial charge < -0.3 is 10.1 Å².